The van der Waals surface area contributed by atoms with E-state index in [9.17, 15) is 13.5 Å². The number of aliphatic hydroxyl groups excluding tert-OH is 1. The van der Waals surface area contributed by atoms with Crippen molar-refractivity contribution in [3.05, 3.63) is 15.9 Å². The Hall–Kier alpha value is 0.01000. The van der Waals surface area contributed by atoms with E-state index in [1.165, 1.54) is 14.2 Å². The molecule has 0 aromatic carbocycles. The molecule has 0 aliphatic carbocycles. The number of likely N-dealkylation sites (N-methyl/N-ethyl adjacent to an activating group) is 1. The number of aliphatic hydroxyl groups is 1. The SMILES string of the molecule is COCC(O)CN(C)S(=O)(=O)c1sccc1Br. The molecule has 0 fully saturated rings. The van der Waals surface area contributed by atoms with E-state index in [-0.39, 0.29) is 17.4 Å². The highest BCUT2D eigenvalue weighted by Gasteiger charge is 2.26. The molecular formula is C9H14BrNO4S2. The van der Waals surface area contributed by atoms with Crippen molar-refractivity contribution in [3.63, 3.8) is 0 Å². The van der Waals surface area contributed by atoms with Gasteiger partial charge in [0.2, 0.25) is 0 Å². The van der Waals surface area contributed by atoms with Gasteiger partial charge >= 0.3 is 0 Å². The molecule has 1 aromatic rings. The number of sulfonamides is 1. The van der Waals surface area contributed by atoms with E-state index in [2.05, 4.69) is 15.9 Å². The van der Waals surface area contributed by atoms with E-state index in [0.717, 1.165) is 15.6 Å². The fourth-order valence-corrected chi connectivity index (χ4v) is 4.96. The molecule has 0 bridgehead atoms. The predicted molar refractivity (Wildman–Crippen MR) is 69.7 cm³/mol. The second-order valence-electron chi connectivity index (χ2n) is 3.45. The third-order valence-corrected chi connectivity index (χ3v) is 6.53. The zero-order valence-corrected chi connectivity index (χ0v) is 12.7. The molecule has 0 spiro atoms. The third-order valence-electron chi connectivity index (χ3n) is 2.06. The smallest absolute Gasteiger partial charge is 0.253 e. The Bertz CT molecular complexity index is 459. The third kappa shape index (κ3) is 3.73. The van der Waals surface area contributed by atoms with Crippen molar-refractivity contribution >= 4 is 37.3 Å². The lowest BCUT2D eigenvalue weighted by atomic mass is 10.4. The van der Waals surface area contributed by atoms with Gasteiger partial charge in [-0.3, -0.25) is 0 Å². The molecule has 1 atom stereocenters. The Morgan fingerprint density at radius 1 is 1.65 bits per heavy atom. The molecule has 0 saturated heterocycles. The molecule has 0 radical (unpaired) electrons. The maximum absolute atomic E-state index is 12.1. The number of nitrogens with zero attached hydrogens (tertiary/aromatic N) is 1. The van der Waals surface area contributed by atoms with Crippen LogP contribution in [0.2, 0.25) is 0 Å². The van der Waals surface area contributed by atoms with Crippen molar-refractivity contribution in [3.8, 4) is 0 Å². The Kier molecular flexibility index (Phi) is 5.55. The van der Waals surface area contributed by atoms with Crippen LogP contribution in [0, 0.1) is 0 Å². The first kappa shape index (κ1) is 15.1. The van der Waals surface area contributed by atoms with Crippen LogP contribution in [-0.4, -0.2) is 51.2 Å². The van der Waals surface area contributed by atoms with Crippen LogP contribution in [0.15, 0.2) is 20.1 Å². The Morgan fingerprint density at radius 2 is 2.29 bits per heavy atom. The largest absolute Gasteiger partial charge is 0.389 e. The number of rotatable bonds is 6. The number of hydrogen-bond donors (Lipinski definition) is 1. The molecule has 0 amide bonds. The van der Waals surface area contributed by atoms with Gasteiger partial charge in [-0.05, 0) is 27.4 Å². The minimum atomic E-state index is -3.55. The summed E-state index contributed by atoms with van der Waals surface area (Å²) in [6.07, 6.45) is -0.835. The molecule has 0 aliphatic rings. The van der Waals surface area contributed by atoms with E-state index in [1.54, 1.807) is 11.4 Å². The predicted octanol–water partition coefficient (Wildman–Crippen LogP) is 1.14. The van der Waals surface area contributed by atoms with Gasteiger partial charge in [0.25, 0.3) is 10.0 Å². The van der Waals surface area contributed by atoms with Crippen molar-refractivity contribution < 1.29 is 18.3 Å². The van der Waals surface area contributed by atoms with Crippen LogP contribution in [-0.2, 0) is 14.8 Å². The first-order valence-electron chi connectivity index (χ1n) is 4.76. The fraction of sp³-hybridized carbons (Fsp3) is 0.556. The summed E-state index contributed by atoms with van der Waals surface area (Å²) in [6, 6.07) is 1.68. The maximum Gasteiger partial charge on any atom is 0.253 e. The molecule has 98 valence electrons. The number of halogens is 1. The average molecular weight is 344 g/mol. The van der Waals surface area contributed by atoms with Crippen molar-refractivity contribution in [2.75, 3.05) is 27.3 Å². The van der Waals surface area contributed by atoms with Crippen LogP contribution < -0.4 is 0 Å². The standard InChI is InChI=1S/C9H14BrNO4S2/c1-11(5-7(12)6-15-2)17(13,14)9-8(10)3-4-16-9/h3-4,7,12H,5-6H2,1-2H3. The summed E-state index contributed by atoms with van der Waals surface area (Å²) in [7, 11) is -0.667. The van der Waals surface area contributed by atoms with Gasteiger partial charge in [0.15, 0.2) is 0 Å². The number of hydrogen-bond acceptors (Lipinski definition) is 5. The summed E-state index contributed by atoms with van der Waals surface area (Å²) in [6.45, 7) is 0.103. The summed E-state index contributed by atoms with van der Waals surface area (Å²) in [5.74, 6) is 0. The quantitative estimate of drug-likeness (QED) is 0.840. The van der Waals surface area contributed by atoms with Gasteiger partial charge in [-0.15, -0.1) is 11.3 Å². The summed E-state index contributed by atoms with van der Waals surface area (Å²) < 4.78 is 30.9. The maximum atomic E-state index is 12.1. The Morgan fingerprint density at radius 3 is 2.76 bits per heavy atom. The molecule has 8 heteroatoms. The summed E-state index contributed by atoms with van der Waals surface area (Å²) in [5.41, 5.74) is 0. The van der Waals surface area contributed by atoms with Gasteiger partial charge < -0.3 is 9.84 Å². The number of thiophene rings is 1. The lowest BCUT2D eigenvalue weighted by Crippen LogP contribution is -2.36. The molecule has 5 nitrogen and oxygen atoms in total. The molecule has 17 heavy (non-hydrogen) atoms. The van der Waals surface area contributed by atoms with Crippen LogP contribution in [0.25, 0.3) is 0 Å². The summed E-state index contributed by atoms with van der Waals surface area (Å²) in [4.78, 5) is 0. The van der Waals surface area contributed by atoms with Crippen LogP contribution in [0.5, 0.6) is 0 Å². The van der Waals surface area contributed by atoms with Crippen LogP contribution >= 0.6 is 27.3 Å². The van der Waals surface area contributed by atoms with Gasteiger partial charge in [0.1, 0.15) is 4.21 Å². The van der Waals surface area contributed by atoms with Crippen molar-refractivity contribution in [1.82, 2.24) is 4.31 Å². The van der Waals surface area contributed by atoms with Crippen LogP contribution in [0.4, 0.5) is 0 Å². The number of methoxy groups -OCH3 is 1. The molecular weight excluding hydrogens is 330 g/mol. The van der Waals surface area contributed by atoms with E-state index in [4.69, 9.17) is 4.74 Å². The molecule has 1 heterocycles. The minimum absolute atomic E-state index is 0.000509. The number of ether oxygens (including phenoxy) is 1. The average Bonchev–Trinajstić information content (AvgIpc) is 2.65. The van der Waals surface area contributed by atoms with E-state index < -0.39 is 16.1 Å². The van der Waals surface area contributed by atoms with E-state index >= 15 is 0 Å². The topological polar surface area (TPSA) is 66.8 Å². The van der Waals surface area contributed by atoms with Gasteiger partial charge in [0.05, 0.1) is 12.7 Å². The first-order valence-corrected chi connectivity index (χ1v) is 7.87. The summed E-state index contributed by atoms with van der Waals surface area (Å²) >= 11 is 4.32. The van der Waals surface area contributed by atoms with Crippen molar-refractivity contribution in [2.45, 2.75) is 10.3 Å². The molecule has 1 rings (SSSR count). The zero-order valence-electron chi connectivity index (χ0n) is 9.46. The van der Waals surface area contributed by atoms with Gasteiger partial charge in [-0.2, -0.15) is 4.31 Å². The normalized spacial score (nSPS) is 14.2. The molecule has 1 aromatic heterocycles. The van der Waals surface area contributed by atoms with Gasteiger partial charge in [-0.1, -0.05) is 0 Å². The fourth-order valence-electron chi connectivity index (χ4n) is 1.25. The van der Waals surface area contributed by atoms with Gasteiger partial charge in [0, 0.05) is 25.2 Å². The molecule has 1 unspecified atom stereocenters. The monoisotopic (exact) mass is 343 g/mol. The highest BCUT2D eigenvalue weighted by atomic mass is 79.9. The van der Waals surface area contributed by atoms with Crippen molar-refractivity contribution in [1.29, 1.82) is 0 Å². The molecule has 1 N–H and O–H groups in total. The zero-order chi connectivity index (χ0) is 13.1. The van der Waals surface area contributed by atoms with Crippen LogP contribution in [0.3, 0.4) is 0 Å². The molecule has 0 saturated carbocycles. The van der Waals surface area contributed by atoms with E-state index in [0.29, 0.717) is 4.47 Å². The minimum Gasteiger partial charge on any atom is -0.389 e. The van der Waals surface area contributed by atoms with Crippen molar-refractivity contribution in [2.24, 2.45) is 0 Å². The highest BCUT2D eigenvalue weighted by Crippen LogP contribution is 2.29. The summed E-state index contributed by atoms with van der Waals surface area (Å²) in [5, 5.41) is 11.2. The second kappa shape index (κ2) is 6.26. The molecule has 0 aliphatic heterocycles. The van der Waals surface area contributed by atoms with Crippen LogP contribution in [0.1, 0.15) is 0 Å². The second-order valence-corrected chi connectivity index (χ2v) is 7.46. The van der Waals surface area contributed by atoms with E-state index in [1.807, 2.05) is 0 Å². The highest BCUT2D eigenvalue weighted by molar-refractivity contribution is 9.10. The Balaban J connectivity index is 2.81. The lowest BCUT2D eigenvalue weighted by Gasteiger charge is -2.19. The lowest BCUT2D eigenvalue weighted by molar-refractivity contribution is 0.0554. The van der Waals surface area contributed by atoms with Gasteiger partial charge in [-0.25, -0.2) is 8.42 Å². The first-order chi connectivity index (χ1) is 7.89. The Labute approximate surface area is 113 Å².